The van der Waals surface area contributed by atoms with Gasteiger partial charge in [-0.25, -0.2) is 9.97 Å². The first kappa shape index (κ1) is 29.6. The lowest BCUT2D eigenvalue weighted by Gasteiger charge is -2.34. The molecule has 0 aliphatic carbocycles. The first-order chi connectivity index (χ1) is 19.8. The maximum atomic E-state index is 11.3. The Morgan fingerprint density at radius 2 is 1.71 bits per heavy atom. The lowest BCUT2D eigenvalue weighted by Crippen LogP contribution is -2.46. The van der Waals surface area contributed by atoms with Crippen molar-refractivity contribution in [1.82, 2.24) is 25.1 Å². The van der Waals surface area contributed by atoms with Crippen LogP contribution >= 0.6 is 23.2 Å². The molecule has 5 rings (SSSR count). The van der Waals surface area contributed by atoms with Gasteiger partial charge in [-0.3, -0.25) is 9.69 Å². The van der Waals surface area contributed by atoms with Gasteiger partial charge in [-0.2, -0.15) is 0 Å². The second-order valence-electron chi connectivity index (χ2n) is 10.9. The van der Waals surface area contributed by atoms with E-state index in [-0.39, 0.29) is 5.91 Å². The second kappa shape index (κ2) is 13.8. The van der Waals surface area contributed by atoms with E-state index in [4.69, 9.17) is 32.9 Å². The van der Waals surface area contributed by atoms with Crippen LogP contribution in [0.4, 0.5) is 5.82 Å². The normalized spacial score (nSPS) is 17.0. The second-order valence-corrected chi connectivity index (χ2v) is 11.8. The van der Waals surface area contributed by atoms with Crippen LogP contribution in [0.5, 0.6) is 11.6 Å². The summed E-state index contributed by atoms with van der Waals surface area (Å²) in [6.45, 7) is 12.4. The van der Waals surface area contributed by atoms with Crippen molar-refractivity contribution >= 4 is 34.9 Å². The molecule has 2 aliphatic rings. The Balaban J connectivity index is 1.31. The number of benzene rings is 1. The number of ether oxygens (including phenoxy) is 1. The molecule has 0 radical (unpaired) electrons. The van der Waals surface area contributed by atoms with Crippen LogP contribution in [-0.2, 0) is 11.3 Å². The van der Waals surface area contributed by atoms with E-state index in [9.17, 15) is 4.79 Å². The maximum absolute atomic E-state index is 11.3. The van der Waals surface area contributed by atoms with Crippen LogP contribution in [0.1, 0.15) is 32.3 Å². The lowest BCUT2D eigenvalue weighted by atomic mass is 9.96. The topological polar surface area (TPSA) is 73.8 Å². The zero-order valence-electron chi connectivity index (χ0n) is 23.8. The molecular formula is C31H38Cl2N6O2. The summed E-state index contributed by atoms with van der Waals surface area (Å²) in [5.41, 5.74) is 2.68. The molecule has 1 aromatic carbocycles. The Kier molecular flexibility index (Phi) is 9.98. The van der Waals surface area contributed by atoms with E-state index < -0.39 is 0 Å². The van der Waals surface area contributed by atoms with Gasteiger partial charge in [-0.1, -0.05) is 30.1 Å². The van der Waals surface area contributed by atoms with E-state index in [1.165, 1.54) is 0 Å². The van der Waals surface area contributed by atoms with Crippen molar-refractivity contribution in [1.29, 1.82) is 0 Å². The number of hydrogen-bond acceptors (Lipinski definition) is 7. The van der Waals surface area contributed by atoms with Crippen molar-refractivity contribution < 1.29 is 9.53 Å². The number of pyridine rings is 2. The highest BCUT2D eigenvalue weighted by molar-refractivity contribution is 6.35. The molecule has 2 saturated heterocycles. The fourth-order valence-corrected chi connectivity index (χ4v) is 6.01. The molecule has 10 heteroatoms. The number of amides is 1. The summed E-state index contributed by atoms with van der Waals surface area (Å²) < 4.78 is 6.25. The third kappa shape index (κ3) is 8.32. The number of carbonyl (C=O) groups is 1. The summed E-state index contributed by atoms with van der Waals surface area (Å²) in [6.07, 6.45) is 3.87. The largest absolute Gasteiger partial charge is 0.437 e. The molecule has 2 fully saturated rings. The molecule has 0 atom stereocenters. The number of likely N-dealkylation sites (tertiary alicyclic amines) is 1. The minimum absolute atomic E-state index is 0.0324. The third-order valence-corrected chi connectivity index (χ3v) is 8.30. The Bertz CT molecular complexity index is 1300. The van der Waals surface area contributed by atoms with Crippen molar-refractivity contribution in [2.45, 2.75) is 33.2 Å². The molecule has 0 spiro atoms. The Morgan fingerprint density at radius 3 is 2.34 bits per heavy atom. The molecule has 0 bridgehead atoms. The van der Waals surface area contributed by atoms with Gasteiger partial charge < -0.3 is 19.9 Å². The van der Waals surface area contributed by atoms with Crippen LogP contribution in [0.2, 0.25) is 10.0 Å². The van der Waals surface area contributed by atoms with Crippen molar-refractivity contribution in [3.05, 3.63) is 64.3 Å². The van der Waals surface area contributed by atoms with Crippen LogP contribution in [0, 0.1) is 5.92 Å². The van der Waals surface area contributed by atoms with E-state index in [0.29, 0.717) is 27.6 Å². The summed E-state index contributed by atoms with van der Waals surface area (Å²) in [5.74, 6) is 2.65. The lowest BCUT2D eigenvalue weighted by molar-refractivity contribution is -0.119. The maximum Gasteiger partial charge on any atom is 0.220 e. The van der Waals surface area contributed by atoms with Crippen molar-refractivity contribution in [3.63, 3.8) is 0 Å². The fraction of sp³-hybridized carbons (Fsp3) is 0.452. The predicted octanol–water partition coefficient (Wildman–Crippen LogP) is 5.73. The van der Waals surface area contributed by atoms with Crippen LogP contribution in [-0.4, -0.2) is 78.0 Å². The van der Waals surface area contributed by atoms with Gasteiger partial charge in [0.15, 0.2) is 0 Å². The number of carbonyl (C=O) groups excluding carboxylic acids is 1. The van der Waals surface area contributed by atoms with Crippen LogP contribution in [0.3, 0.4) is 0 Å². The van der Waals surface area contributed by atoms with Gasteiger partial charge in [0, 0.05) is 67.9 Å². The van der Waals surface area contributed by atoms with E-state index in [2.05, 4.69) is 38.0 Å². The SMILES string of the molecule is CCN1CCN(c2ccc(Oc3cc(CN4CCC(CNC(C)=O)CC4)cc(-c4cc(Cl)cc(Cl)c4)n3)cn2)CC1. The number of anilines is 1. The Morgan fingerprint density at radius 1 is 0.976 bits per heavy atom. The molecule has 2 aliphatic heterocycles. The summed E-state index contributed by atoms with van der Waals surface area (Å²) >= 11 is 12.7. The number of piperidine rings is 1. The number of halogens is 2. The molecule has 4 heterocycles. The molecular weight excluding hydrogens is 559 g/mol. The van der Waals surface area contributed by atoms with Gasteiger partial charge in [-0.15, -0.1) is 0 Å². The van der Waals surface area contributed by atoms with Gasteiger partial charge in [0.25, 0.3) is 0 Å². The zero-order chi connectivity index (χ0) is 28.8. The smallest absolute Gasteiger partial charge is 0.220 e. The van der Waals surface area contributed by atoms with E-state index in [0.717, 1.165) is 94.4 Å². The molecule has 41 heavy (non-hydrogen) atoms. The summed E-state index contributed by atoms with van der Waals surface area (Å²) in [7, 11) is 0. The molecule has 1 amide bonds. The number of nitrogens with one attached hydrogen (secondary N) is 1. The van der Waals surface area contributed by atoms with Gasteiger partial charge in [0.2, 0.25) is 11.8 Å². The number of nitrogens with zero attached hydrogens (tertiary/aromatic N) is 5. The van der Waals surface area contributed by atoms with Crippen molar-refractivity contribution in [2.24, 2.45) is 5.92 Å². The Labute approximate surface area is 252 Å². The first-order valence-corrected chi connectivity index (χ1v) is 15.2. The average molecular weight is 598 g/mol. The van der Waals surface area contributed by atoms with Gasteiger partial charge in [0.1, 0.15) is 11.6 Å². The van der Waals surface area contributed by atoms with Crippen molar-refractivity contribution in [2.75, 3.05) is 57.3 Å². The molecule has 0 saturated carbocycles. The summed E-state index contributed by atoms with van der Waals surface area (Å²) in [6, 6.07) is 13.5. The minimum atomic E-state index is 0.0324. The first-order valence-electron chi connectivity index (χ1n) is 14.4. The standard InChI is InChI=1S/C31H38Cl2N6O2/c1-3-37-10-12-39(13-11-37)30-5-4-28(20-35-30)41-31-15-24(14-29(36-31)25-16-26(32)18-27(33)17-25)21-38-8-6-23(7-9-38)19-34-22(2)40/h4-5,14-18,20,23H,3,6-13,19,21H2,1-2H3,(H,34,40). The average Bonchev–Trinajstić information content (AvgIpc) is 2.97. The molecule has 218 valence electrons. The van der Waals surface area contributed by atoms with E-state index >= 15 is 0 Å². The van der Waals surface area contributed by atoms with Crippen LogP contribution in [0.25, 0.3) is 11.3 Å². The molecule has 8 nitrogen and oxygen atoms in total. The Hall–Kier alpha value is -2.91. The van der Waals surface area contributed by atoms with Gasteiger partial charge in [-0.05, 0) is 80.4 Å². The number of hydrogen-bond donors (Lipinski definition) is 1. The highest BCUT2D eigenvalue weighted by Crippen LogP contribution is 2.31. The van der Waals surface area contributed by atoms with Gasteiger partial charge in [0.05, 0.1) is 11.9 Å². The number of rotatable bonds is 9. The zero-order valence-corrected chi connectivity index (χ0v) is 25.3. The number of aromatic nitrogens is 2. The monoisotopic (exact) mass is 596 g/mol. The third-order valence-electron chi connectivity index (χ3n) is 7.86. The fourth-order valence-electron chi connectivity index (χ4n) is 5.48. The summed E-state index contributed by atoms with van der Waals surface area (Å²) in [4.78, 5) is 28.0. The molecule has 2 aromatic heterocycles. The minimum Gasteiger partial charge on any atom is -0.437 e. The molecule has 1 N–H and O–H groups in total. The molecule has 0 unspecified atom stereocenters. The van der Waals surface area contributed by atoms with E-state index in [1.54, 1.807) is 19.2 Å². The summed E-state index contributed by atoms with van der Waals surface area (Å²) in [5, 5.41) is 4.07. The van der Waals surface area contributed by atoms with Crippen LogP contribution < -0.4 is 15.0 Å². The predicted molar refractivity (Wildman–Crippen MR) is 165 cm³/mol. The van der Waals surface area contributed by atoms with Gasteiger partial charge >= 0.3 is 0 Å². The highest BCUT2D eigenvalue weighted by Gasteiger charge is 2.21. The number of likely N-dealkylation sites (N-methyl/N-ethyl adjacent to an activating group) is 1. The van der Waals surface area contributed by atoms with Crippen molar-refractivity contribution in [3.8, 4) is 22.9 Å². The number of piperazine rings is 1. The van der Waals surface area contributed by atoms with Crippen LogP contribution in [0.15, 0.2) is 48.7 Å². The van der Waals surface area contributed by atoms with E-state index in [1.807, 2.05) is 30.3 Å². The highest BCUT2D eigenvalue weighted by atomic mass is 35.5. The molecule has 3 aromatic rings. The quantitative estimate of drug-likeness (QED) is 0.338.